The molecule has 2 amide bonds. The monoisotopic (exact) mass is 527 g/mol. The van der Waals surface area contributed by atoms with Gasteiger partial charge in [-0.25, -0.2) is 9.97 Å². The molecule has 3 heterocycles. The van der Waals surface area contributed by atoms with Crippen LogP contribution in [0, 0.1) is 6.92 Å². The third-order valence-electron chi connectivity index (χ3n) is 5.90. The minimum atomic E-state index is -4.92. The van der Waals surface area contributed by atoms with Gasteiger partial charge in [0.05, 0.1) is 11.4 Å². The first-order valence-electron chi connectivity index (χ1n) is 11.6. The molecule has 1 aliphatic rings. The van der Waals surface area contributed by atoms with Crippen molar-refractivity contribution in [1.82, 2.24) is 20.2 Å². The van der Waals surface area contributed by atoms with E-state index in [9.17, 15) is 27.9 Å². The molecule has 0 aliphatic carbocycles. The second-order valence-electron chi connectivity index (χ2n) is 10.4. The lowest BCUT2D eigenvalue weighted by Crippen LogP contribution is -2.51. The van der Waals surface area contributed by atoms with Crippen molar-refractivity contribution in [3.63, 3.8) is 0 Å². The predicted molar refractivity (Wildman–Crippen MR) is 132 cm³/mol. The average Bonchev–Trinajstić information content (AvgIpc) is 3.36. The Morgan fingerprint density at radius 3 is 2.44 bits per heavy atom. The number of nitrogens with zero attached hydrogens (tertiary/aromatic N) is 3. The topological polar surface area (TPSA) is 107 Å². The molecule has 1 saturated heterocycles. The lowest BCUT2D eigenvalue weighted by Gasteiger charge is -2.26. The van der Waals surface area contributed by atoms with Gasteiger partial charge in [-0.05, 0) is 66.0 Å². The second kappa shape index (κ2) is 9.97. The van der Waals surface area contributed by atoms with Gasteiger partial charge in [0, 0.05) is 29.9 Å². The Bertz CT molecular complexity index is 1140. The number of likely N-dealkylation sites (tertiary alicyclic amines) is 1. The number of carbonyl (C=O) groups is 2. The van der Waals surface area contributed by atoms with Crippen LogP contribution in [0.4, 0.5) is 19.0 Å². The van der Waals surface area contributed by atoms with Crippen LogP contribution in [0.3, 0.4) is 0 Å². The van der Waals surface area contributed by atoms with Gasteiger partial charge in [-0.3, -0.25) is 9.59 Å². The van der Waals surface area contributed by atoms with Crippen LogP contribution in [0.5, 0.6) is 0 Å². The molecule has 2 atom stereocenters. The zero-order valence-corrected chi connectivity index (χ0v) is 22.0. The molecule has 1 aliphatic heterocycles. The van der Waals surface area contributed by atoms with E-state index in [1.54, 1.807) is 11.1 Å². The van der Waals surface area contributed by atoms with Crippen LogP contribution < -0.4 is 10.6 Å². The number of aromatic nitrogens is 2. The molecule has 0 radical (unpaired) electrons. The molecule has 1 unspecified atom stereocenters. The first kappa shape index (κ1) is 27.9. The number of rotatable bonds is 6. The summed E-state index contributed by atoms with van der Waals surface area (Å²) in [6.07, 6.45) is -1.64. The Balaban J connectivity index is 1.98. The first-order valence-corrected chi connectivity index (χ1v) is 12.5. The number of anilines is 1. The Kier molecular flexibility index (Phi) is 7.71. The number of carbonyl (C=O) groups excluding carboxylic acids is 2. The van der Waals surface area contributed by atoms with Crippen LogP contribution in [0.25, 0.3) is 10.4 Å². The number of hydrogen-bond acceptors (Lipinski definition) is 7. The number of amides is 2. The summed E-state index contributed by atoms with van der Waals surface area (Å²) in [5.74, 6) is -0.610. The van der Waals surface area contributed by atoms with E-state index in [1.807, 2.05) is 40.7 Å². The van der Waals surface area contributed by atoms with E-state index in [4.69, 9.17) is 0 Å². The van der Waals surface area contributed by atoms with Crippen LogP contribution >= 0.6 is 11.3 Å². The molecule has 0 saturated carbocycles. The molecule has 3 rings (SSSR count). The number of aliphatic hydroxyl groups is 1. The van der Waals surface area contributed by atoms with Gasteiger partial charge in [-0.15, -0.1) is 11.3 Å². The van der Waals surface area contributed by atoms with Crippen LogP contribution in [0.1, 0.15) is 73.3 Å². The predicted octanol–water partition coefficient (Wildman–Crippen LogP) is 4.39. The summed E-state index contributed by atoms with van der Waals surface area (Å²) in [5.41, 5.74) is -1.88. The number of nitrogens with one attached hydrogen (secondary N) is 2. The third kappa shape index (κ3) is 6.15. The maximum absolute atomic E-state index is 13.4. The summed E-state index contributed by atoms with van der Waals surface area (Å²) in [6, 6.07) is 1.83. The van der Waals surface area contributed by atoms with Crippen molar-refractivity contribution in [1.29, 1.82) is 0 Å². The minimum Gasteiger partial charge on any atom is -0.379 e. The number of aryl methyl sites for hydroxylation is 1. The standard InChI is InChI=1S/C24H32F3N5O3S/c1-13-10-16(31-22(3,4)5)28-11-15(13)18-17(21(34)32-9-7-8-14(32)2)30-20(36-18)19(33)29-12-23(6,35)24(25,26)27/h10-11,14,35H,7-9,12H2,1-6H3,(H,28,31)(H,29,33)/t14-,23?/m0/s1. The van der Waals surface area contributed by atoms with Gasteiger partial charge in [0.2, 0.25) is 0 Å². The highest BCUT2D eigenvalue weighted by atomic mass is 32.1. The number of thiazole rings is 1. The van der Waals surface area contributed by atoms with Gasteiger partial charge in [-0.2, -0.15) is 13.2 Å². The molecular weight excluding hydrogens is 495 g/mol. The highest BCUT2D eigenvalue weighted by Crippen LogP contribution is 2.35. The highest BCUT2D eigenvalue weighted by molar-refractivity contribution is 7.17. The second-order valence-corrected chi connectivity index (χ2v) is 11.4. The van der Waals surface area contributed by atoms with Crippen molar-refractivity contribution < 1.29 is 27.9 Å². The zero-order valence-electron chi connectivity index (χ0n) is 21.2. The maximum Gasteiger partial charge on any atom is 0.418 e. The molecular formula is C24H32F3N5O3S. The molecule has 0 aromatic carbocycles. The molecule has 1 fully saturated rings. The minimum absolute atomic E-state index is 0.00351. The SMILES string of the molecule is Cc1cc(NC(C)(C)C)ncc1-c1sc(C(=O)NCC(C)(O)C(F)(F)F)nc1C(=O)N1CCC[C@@H]1C. The molecule has 2 aromatic heterocycles. The van der Waals surface area contributed by atoms with Crippen LogP contribution in [-0.4, -0.2) is 68.2 Å². The van der Waals surface area contributed by atoms with E-state index >= 15 is 0 Å². The summed E-state index contributed by atoms with van der Waals surface area (Å²) in [7, 11) is 0. The molecule has 2 aromatic rings. The Labute approximate surface area is 212 Å². The average molecular weight is 528 g/mol. The van der Waals surface area contributed by atoms with Gasteiger partial charge in [0.15, 0.2) is 10.6 Å². The van der Waals surface area contributed by atoms with E-state index in [0.717, 1.165) is 29.7 Å². The lowest BCUT2D eigenvalue weighted by molar-refractivity contribution is -0.249. The fourth-order valence-electron chi connectivity index (χ4n) is 3.79. The number of halogens is 3. The molecule has 0 bridgehead atoms. The molecule has 0 spiro atoms. The van der Waals surface area contributed by atoms with E-state index in [2.05, 4.69) is 20.6 Å². The van der Waals surface area contributed by atoms with E-state index in [-0.39, 0.29) is 28.2 Å². The Hall–Kier alpha value is -2.73. The van der Waals surface area contributed by atoms with Crippen LogP contribution in [-0.2, 0) is 0 Å². The summed E-state index contributed by atoms with van der Waals surface area (Å²) >= 11 is 0.906. The van der Waals surface area contributed by atoms with Crippen LogP contribution in [0.2, 0.25) is 0 Å². The van der Waals surface area contributed by atoms with Crippen molar-refractivity contribution in [2.45, 2.75) is 77.7 Å². The fraction of sp³-hybridized carbons (Fsp3) is 0.583. The van der Waals surface area contributed by atoms with E-state index < -0.39 is 24.2 Å². The van der Waals surface area contributed by atoms with E-state index in [1.165, 1.54) is 0 Å². The smallest absolute Gasteiger partial charge is 0.379 e. The van der Waals surface area contributed by atoms with Crippen molar-refractivity contribution in [3.05, 3.63) is 28.5 Å². The number of hydrogen-bond donors (Lipinski definition) is 3. The molecule has 8 nitrogen and oxygen atoms in total. The molecule has 36 heavy (non-hydrogen) atoms. The highest BCUT2D eigenvalue weighted by Gasteiger charge is 2.50. The largest absolute Gasteiger partial charge is 0.418 e. The third-order valence-corrected chi connectivity index (χ3v) is 6.99. The molecule has 12 heteroatoms. The van der Waals surface area contributed by atoms with Crippen molar-refractivity contribution in [2.24, 2.45) is 0 Å². The quantitative estimate of drug-likeness (QED) is 0.514. The zero-order chi connectivity index (χ0) is 27.1. The van der Waals surface area contributed by atoms with Crippen molar-refractivity contribution >= 4 is 29.0 Å². The summed E-state index contributed by atoms with van der Waals surface area (Å²) in [4.78, 5) is 37.0. The van der Waals surface area contributed by atoms with Gasteiger partial charge in [-0.1, -0.05) is 0 Å². The molecule has 198 valence electrons. The van der Waals surface area contributed by atoms with Gasteiger partial charge in [0.25, 0.3) is 11.8 Å². The summed E-state index contributed by atoms with van der Waals surface area (Å²) in [6.45, 7) is 9.85. The van der Waals surface area contributed by atoms with Crippen LogP contribution in [0.15, 0.2) is 12.3 Å². The Morgan fingerprint density at radius 1 is 1.25 bits per heavy atom. The summed E-state index contributed by atoms with van der Waals surface area (Å²) in [5, 5.41) is 14.9. The van der Waals surface area contributed by atoms with E-state index in [0.29, 0.717) is 29.7 Å². The van der Waals surface area contributed by atoms with Gasteiger partial charge < -0.3 is 20.6 Å². The van der Waals surface area contributed by atoms with Crippen molar-refractivity contribution in [3.8, 4) is 10.4 Å². The normalized spacial score (nSPS) is 18.2. The summed E-state index contributed by atoms with van der Waals surface area (Å²) < 4.78 is 39.0. The first-order chi connectivity index (χ1) is 16.5. The van der Waals surface area contributed by atoms with Gasteiger partial charge in [0.1, 0.15) is 11.5 Å². The Morgan fingerprint density at radius 2 is 1.92 bits per heavy atom. The molecule has 3 N–H and O–H groups in total. The maximum atomic E-state index is 13.4. The van der Waals surface area contributed by atoms with Gasteiger partial charge >= 0.3 is 6.18 Å². The lowest BCUT2D eigenvalue weighted by atomic mass is 10.1. The fourth-order valence-corrected chi connectivity index (χ4v) is 4.84. The number of alkyl halides is 3. The number of pyridine rings is 1. The van der Waals surface area contributed by atoms with Crippen molar-refractivity contribution in [2.75, 3.05) is 18.4 Å².